The number of rotatable bonds is 4. The van der Waals surface area contributed by atoms with E-state index in [9.17, 15) is 0 Å². The average Bonchev–Trinajstić information content (AvgIpc) is 3.10. The third-order valence-corrected chi connectivity index (χ3v) is 3.91. The molecule has 0 atom stereocenters. The molecule has 3 rings (SSSR count). The molecule has 102 valence electrons. The lowest BCUT2D eigenvalue weighted by atomic mass is 10.8. The Morgan fingerprint density at radius 3 is 2.85 bits per heavy atom. The van der Waals surface area contributed by atoms with Crippen molar-refractivity contribution >= 4 is 29.0 Å². The van der Waals surface area contributed by atoms with E-state index in [4.69, 9.17) is 5.84 Å². The minimum Gasteiger partial charge on any atom is -0.292 e. The maximum Gasteiger partial charge on any atom is 0.242 e. The number of aromatic nitrogens is 7. The molecule has 20 heavy (non-hydrogen) atoms. The van der Waals surface area contributed by atoms with Gasteiger partial charge in [-0.15, -0.1) is 10.2 Å². The minimum atomic E-state index is 0.271. The summed E-state index contributed by atoms with van der Waals surface area (Å²) in [7, 11) is 0. The van der Waals surface area contributed by atoms with Crippen LogP contribution in [-0.2, 0) is 0 Å². The number of aryl methyl sites for hydroxylation is 1. The molecule has 3 N–H and O–H groups in total. The van der Waals surface area contributed by atoms with Crippen LogP contribution in [0.3, 0.4) is 0 Å². The van der Waals surface area contributed by atoms with Crippen LogP contribution < -0.4 is 11.3 Å². The number of hydrogen-bond donors (Lipinski definition) is 2. The molecule has 0 fully saturated rings. The molecule has 0 aliphatic carbocycles. The Balaban J connectivity index is 1.96. The number of anilines is 1. The topological polar surface area (TPSA) is 120 Å². The second-order valence-corrected chi connectivity index (χ2v) is 5.94. The summed E-state index contributed by atoms with van der Waals surface area (Å²) in [5, 5.41) is 9.33. The van der Waals surface area contributed by atoms with Gasteiger partial charge in [0.2, 0.25) is 17.1 Å². The highest BCUT2D eigenvalue weighted by Crippen LogP contribution is 2.27. The van der Waals surface area contributed by atoms with E-state index in [0.29, 0.717) is 11.1 Å². The van der Waals surface area contributed by atoms with E-state index in [2.05, 4.69) is 35.6 Å². The maximum atomic E-state index is 5.38. The van der Waals surface area contributed by atoms with Gasteiger partial charge in [0, 0.05) is 12.4 Å². The molecule has 0 aromatic carbocycles. The summed E-state index contributed by atoms with van der Waals surface area (Å²) in [6, 6.07) is 0. The van der Waals surface area contributed by atoms with Crippen LogP contribution >= 0.6 is 23.1 Å². The molecule has 0 spiro atoms. The normalized spacial score (nSPS) is 10.7. The van der Waals surface area contributed by atoms with Crippen molar-refractivity contribution in [2.45, 2.75) is 16.4 Å². The van der Waals surface area contributed by atoms with Crippen LogP contribution in [0.2, 0.25) is 0 Å². The lowest BCUT2D eigenvalue weighted by molar-refractivity contribution is 0.823. The van der Waals surface area contributed by atoms with Gasteiger partial charge in [0.1, 0.15) is 11.3 Å². The summed E-state index contributed by atoms with van der Waals surface area (Å²) >= 11 is 2.77. The summed E-state index contributed by atoms with van der Waals surface area (Å²) in [6.45, 7) is 1.89. The quantitative estimate of drug-likeness (QED) is 0.528. The van der Waals surface area contributed by atoms with Crippen molar-refractivity contribution in [2.24, 2.45) is 5.84 Å². The van der Waals surface area contributed by atoms with E-state index in [-0.39, 0.29) is 5.95 Å². The molecule has 0 aliphatic heterocycles. The fourth-order valence-corrected chi connectivity index (χ4v) is 3.01. The Morgan fingerprint density at radius 2 is 2.20 bits per heavy atom. The van der Waals surface area contributed by atoms with E-state index >= 15 is 0 Å². The van der Waals surface area contributed by atoms with Crippen LogP contribution in [-0.4, -0.2) is 34.7 Å². The molecule has 9 nitrogen and oxygen atoms in total. The van der Waals surface area contributed by atoms with Crippen molar-refractivity contribution in [3.05, 3.63) is 23.7 Å². The second kappa shape index (κ2) is 5.48. The first kappa shape index (κ1) is 12.9. The first-order chi connectivity index (χ1) is 9.74. The molecule has 0 bridgehead atoms. The first-order valence-electron chi connectivity index (χ1n) is 5.43. The largest absolute Gasteiger partial charge is 0.292 e. The Kier molecular flexibility index (Phi) is 3.54. The Bertz CT molecular complexity index is 708. The fraction of sp³-hybridized carbons (Fsp3) is 0.111. The second-order valence-electron chi connectivity index (χ2n) is 3.54. The standard InChI is InChI=1S/C9H9N9S2/c1-5-16-17-9(19-5)20-8-13-6(15-10)12-7(14-8)18-3-2-11-4-18/h2-4H,10H2,1H3,(H,12,13,14,15). The lowest BCUT2D eigenvalue weighted by Gasteiger charge is -2.05. The van der Waals surface area contributed by atoms with Crippen molar-refractivity contribution in [1.82, 2.24) is 34.7 Å². The molecule has 3 heterocycles. The molecule has 0 radical (unpaired) electrons. The van der Waals surface area contributed by atoms with Crippen LogP contribution in [0.5, 0.6) is 0 Å². The number of hydrazine groups is 1. The highest BCUT2D eigenvalue weighted by molar-refractivity contribution is 8.00. The number of nitrogen functional groups attached to an aromatic ring is 1. The molecule has 0 unspecified atom stereocenters. The van der Waals surface area contributed by atoms with Gasteiger partial charge in [-0.1, -0.05) is 11.3 Å². The van der Waals surface area contributed by atoms with Gasteiger partial charge in [-0.3, -0.25) is 9.99 Å². The number of hydrogen-bond acceptors (Lipinski definition) is 10. The highest BCUT2D eigenvalue weighted by atomic mass is 32.2. The van der Waals surface area contributed by atoms with Crippen molar-refractivity contribution in [2.75, 3.05) is 5.43 Å². The molecule has 3 aromatic heterocycles. The summed E-state index contributed by atoms with van der Waals surface area (Å²) in [5.74, 6) is 6.07. The fourth-order valence-electron chi connectivity index (χ4n) is 1.35. The number of nitrogens with one attached hydrogen (secondary N) is 1. The van der Waals surface area contributed by atoms with E-state index in [1.54, 1.807) is 23.3 Å². The highest BCUT2D eigenvalue weighted by Gasteiger charge is 2.11. The van der Waals surface area contributed by atoms with Gasteiger partial charge in [0.05, 0.1) is 0 Å². The minimum absolute atomic E-state index is 0.271. The predicted molar refractivity (Wildman–Crippen MR) is 73.5 cm³/mol. The molecular formula is C9H9N9S2. The van der Waals surface area contributed by atoms with E-state index in [1.807, 2.05) is 6.92 Å². The zero-order valence-electron chi connectivity index (χ0n) is 10.3. The third kappa shape index (κ3) is 2.74. The third-order valence-electron chi connectivity index (χ3n) is 2.15. The first-order valence-corrected chi connectivity index (χ1v) is 7.07. The zero-order chi connectivity index (χ0) is 13.9. The summed E-state index contributed by atoms with van der Waals surface area (Å²) in [4.78, 5) is 16.6. The zero-order valence-corrected chi connectivity index (χ0v) is 11.9. The lowest BCUT2D eigenvalue weighted by Crippen LogP contribution is -2.13. The van der Waals surface area contributed by atoms with Crippen LogP contribution in [0.4, 0.5) is 5.95 Å². The van der Waals surface area contributed by atoms with Crippen LogP contribution in [0.1, 0.15) is 5.01 Å². The number of nitrogens with two attached hydrogens (primary N) is 1. The van der Waals surface area contributed by atoms with Gasteiger partial charge in [-0.2, -0.15) is 15.0 Å². The van der Waals surface area contributed by atoms with Crippen LogP contribution in [0.25, 0.3) is 5.95 Å². The molecule has 0 saturated carbocycles. The molecule has 0 aliphatic rings. The maximum absolute atomic E-state index is 5.38. The molecule has 3 aromatic rings. The van der Waals surface area contributed by atoms with Crippen molar-refractivity contribution < 1.29 is 0 Å². The van der Waals surface area contributed by atoms with Gasteiger partial charge >= 0.3 is 0 Å². The number of nitrogens with zero attached hydrogens (tertiary/aromatic N) is 7. The summed E-state index contributed by atoms with van der Waals surface area (Å²) < 4.78 is 2.42. The molecule has 0 amide bonds. The van der Waals surface area contributed by atoms with Crippen molar-refractivity contribution in [1.29, 1.82) is 0 Å². The average molecular weight is 307 g/mol. The Labute approximate surface area is 121 Å². The van der Waals surface area contributed by atoms with Gasteiger partial charge < -0.3 is 0 Å². The smallest absolute Gasteiger partial charge is 0.242 e. The van der Waals surface area contributed by atoms with Gasteiger partial charge in [-0.05, 0) is 18.7 Å². The van der Waals surface area contributed by atoms with Crippen molar-refractivity contribution in [3.63, 3.8) is 0 Å². The SMILES string of the molecule is Cc1nnc(Sc2nc(NN)nc(-n3ccnc3)n2)s1. The van der Waals surface area contributed by atoms with Gasteiger partial charge in [0.25, 0.3) is 0 Å². The van der Waals surface area contributed by atoms with E-state index in [1.165, 1.54) is 23.1 Å². The van der Waals surface area contributed by atoms with Crippen LogP contribution in [0, 0.1) is 6.92 Å². The van der Waals surface area contributed by atoms with Crippen molar-refractivity contribution in [3.8, 4) is 5.95 Å². The Morgan fingerprint density at radius 1 is 1.30 bits per heavy atom. The van der Waals surface area contributed by atoms with E-state index in [0.717, 1.165) is 9.35 Å². The Hall–Kier alpha value is -2.11. The molecule has 0 saturated heterocycles. The van der Waals surface area contributed by atoms with Crippen LogP contribution in [0.15, 0.2) is 28.2 Å². The predicted octanol–water partition coefficient (Wildman–Crippen LogP) is 0.654. The summed E-state index contributed by atoms with van der Waals surface area (Å²) in [5.41, 5.74) is 2.42. The van der Waals surface area contributed by atoms with E-state index < -0.39 is 0 Å². The van der Waals surface area contributed by atoms with Gasteiger partial charge in [-0.25, -0.2) is 10.8 Å². The molecular weight excluding hydrogens is 298 g/mol. The van der Waals surface area contributed by atoms with Gasteiger partial charge in [0.15, 0.2) is 4.34 Å². The molecule has 11 heteroatoms. The monoisotopic (exact) mass is 307 g/mol. The number of imidazole rings is 1. The summed E-state index contributed by atoms with van der Waals surface area (Å²) in [6.07, 6.45) is 4.97.